The summed E-state index contributed by atoms with van der Waals surface area (Å²) in [5.41, 5.74) is 1.19. The van der Waals surface area contributed by atoms with Crippen LogP contribution in [0.4, 0.5) is 0 Å². The van der Waals surface area contributed by atoms with Crippen LogP contribution in [0.5, 0.6) is 5.75 Å². The lowest BCUT2D eigenvalue weighted by atomic mass is 10.2. The van der Waals surface area contributed by atoms with E-state index in [9.17, 15) is 4.79 Å². The van der Waals surface area contributed by atoms with Gasteiger partial charge in [-0.25, -0.2) is 4.79 Å². The van der Waals surface area contributed by atoms with Gasteiger partial charge in [-0.15, -0.1) is 0 Å². The van der Waals surface area contributed by atoms with Gasteiger partial charge in [0.15, 0.2) is 0 Å². The Labute approximate surface area is 95.7 Å². The maximum atomic E-state index is 10.9. The molecule has 86 valence electrons. The molecular weight excluding hydrogens is 204 g/mol. The molecule has 0 bridgehead atoms. The van der Waals surface area contributed by atoms with Crippen LogP contribution in [0.1, 0.15) is 12.5 Å². The van der Waals surface area contributed by atoms with E-state index in [1.807, 2.05) is 31.2 Å². The van der Waals surface area contributed by atoms with Crippen LogP contribution >= 0.6 is 0 Å². The molecule has 0 heterocycles. The lowest BCUT2D eigenvalue weighted by molar-refractivity contribution is -0.137. The second-order valence-corrected chi connectivity index (χ2v) is 3.28. The predicted molar refractivity (Wildman–Crippen MR) is 62.4 cm³/mol. The number of rotatable bonds is 5. The van der Waals surface area contributed by atoms with Crippen LogP contribution in [-0.4, -0.2) is 19.2 Å². The first-order chi connectivity index (χ1) is 7.72. The van der Waals surface area contributed by atoms with E-state index in [4.69, 9.17) is 9.47 Å². The minimum atomic E-state index is -0.338. The molecule has 0 saturated carbocycles. The molecule has 16 heavy (non-hydrogen) atoms. The normalized spacial score (nSPS) is 10.4. The van der Waals surface area contributed by atoms with Crippen molar-refractivity contribution in [2.24, 2.45) is 0 Å². The van der Waals surface area contributed by atoms with Crippen LogP contribution in [0, 0.1) is 6.92 Å². The van der Waals surface area contributed by atoms with E-state index in [0.717, 1.165) is 5.75 Å². The number of aryl methyl sites for hydroxylation is 1. The van der Waals surface area contributed by atoms with Crippen LogP contribution in [-0.2, 0) is 9.53 Å². The molecule has 0 atom stereocenters. The van der Waals surface area contributed by atoms with Gasteiger partial charge in [0.25, 0.3) is 0 Å². The Morgan fingerprint density at radius 2 is 2.00 bits per heavy atom. The fraction of sp³-hybridized carbons (Fsp3) is 0.308. The Kier molecular flexibility index (Phi) is 5.12. The van der Waals surface area contributed by atoms with Gasteiger partial charge in [-0.3, -0.25) is 0 Å². The molecule has 0 saturated heterocycles. The SMILES string of the molecule is CCOC(=O)/C=C/COc1ccc(C)cc1. The maximum absolute atomic E-state index is 10.9. The molecule has 0 unspecified atom stereocenters. The van der Waals surface area contributed by atoms with Crippen molar-refractivity contribution in [1.82, 2.24) is 0 Å². The summed E-state index contributed by atoms with van der Waals surface area (Å²) in [7, 11) is 0. The van der Waals surface area contributed by atoms with Crippen molar-refractivity contribution in [3.63, 3.8) is 0 Å². The highest BCUT2D eigenvalue weighted by molar-refractivity contribution is 5.81. The quantitative estimate of drug-likeness (QED) is 0.565. The minimum absolute atomic E-state index is 0.338. The highest BCUT2D eigenvalue weighted by atomic mass is 16.5. The number of carbonyl (C=O) groups is 1. The Balaban J connectivity index is 2.30. The highest BCUT2D eigenvalue weighted by Gasteiger charge is 1.93. The van der Waals surface area contributed by atoms with Crippen molar-refractivity contribution in [2.45, 2.75) is 13.8 Å². The van der Waals surface area contributed by atoms with Gasteiger partial charge >= 0.3 is 5.97 Å². The van der Waals surface area contributed by atoms with Gasteiger partial charge in [0.2, 0.25) is 0 Å². The molecule has 3 heteroatoms. The number of hydrogen-bond acceptors (Lipinski definition) is 3. The molecule has 1 rings (SSSR count). The number of benzene rings is 1. The Bertz CT molecular complexity index is 352. The molecule has 0 radical (unpaired) electrons. The van der Waals surface area contributed by atoms with Gasteiger partial charge in [-0.2, -0.15) is 0 Å². The standard InChI is InChI=1S/C13H16O3/c1-3-15-13(14)5-4-10-16-12-8-6-11(2)7-9-12/h4-9H,3,10H2,1-2H3/b5-4+. The van der Waals surface area contributed by atoms with Crippen LogP contribution < -0.4 is 4.74 Å². The third kappa shape index (κ3) is 4.64. The molecule has 0 aromatic heterocycles. The summed E-state index contributed by atoms with van der Waals surface area (Å²) in [5, 5.41) is 0. The lowest BCUT2D eigenvalue weighted by Crippen LogP contribution is -2.00. The number of esters is 1. The Hall–Kier alpha value is -1.77. The van der Waals surface area contributed by atoms with Crippen molar-refractivity contribution in [3.8, 4) is 5.75 Å². The Morgan fingerprint density at radius 1 is 1.31 bits per heavy atom. The topological polar surface area (TPSA) is 35.5 Å². The van der Waals surface area contributed by atoms with Crippen LogP contribution in [0.15, 0.2) is 36.4 Å². The summed E-state index contributed by atoms with van der Waals surface area (Å²) in [5.74, 6) is 0.453. The summed E-state index contributed by atoms with van der Waals surface area (Å²) in [6.07, 6.45) is 3.01. The number of carbonyl (C=O) groups excluding carboxylic acids is 1. The first kappa shape index (κ1) is 12.3. The first-order valence-corrected chi connectivity index (χ1v) is 5.25. The zero-order chi connectivity index (χ0) is 11.8. The predicted octanol–water partition coefficient (Wildman–Crippen LogP) is 2.49. The molecular formula is C13H16O3. The summed E-state index contributed by atoms with van der Waals surface area (Å²) in [6.45, 7) is 4.54. The van der Waals surface area contributed by atoms with E-state index in [1.54, 1.807) is 13.0 Å². The fourth-order valence-electron chi connectivity index (χ4n) is 1.11. The highest BCUT2D eigenvalue weighted by Crippen LogP contribution is 2.10. The molecule has 0 amide bonds. The number of ether oxygens (including phenoxy) is 2. The van der Waals surface area contributed by atoms with E-state index < -0.39 is 0 Å². The molecule has 0 aliphatic carbocycles. The van der Waals surface area contributed by atoms with Crippen molar-refractivity contribution >= 4 is 5.97 Å². The van der Waals surface area contributed by atoms with E-state index in [0.29, 0.717) is 13.2 Å². The van der Waals surface area contributed by atoms with Gasteiger partial charge in [-0.05, 0) is 32.1 Å². The zero-order valence-corrected chi connectivity index (χ0v) is 9.60. The monoisotopic (exact) mass is 220 g/mol. The maximum Gasteiger partial charge on any atom is 0.330 e. The largest absolute Gasteiger partial charge is 0.490 e. The second kappa shape index (κ2) is 6.67. The summed E-state index contributed by atoms with van der Waals surface area (Å²) < 4.78 is 10.1. The molecule has 0 aliphatic rings. The van der Waals surface area contributed by atoms with Gasteiger partial charge in [0.05, 0.1) is 6.61 Å². The molecule has 0 fully saturated rings. The van der Waals surface area contributed by atoms with Crippen molar-refractivity contribution in [1.29, 1.82) is 0 Å². The van der Waals surface area contributed by atoms with Crippen LogP contribution in [0.25, 0.3) is 0 Å². The molecule has 3 nitrogen and oxygen atoms in total. The molecule has 0 N–H and O–H groups in total. The fourth-order valence-corrected chi connectivity index (χ4v) is 1.11. The molecule has 1 aromatic carbocycles. The summed E-state index contributed by atoms with van der Waals surface area (Å²) in [6, 6.07) is 7.75. The van der Waals surface area contributed by atoms with Crippen molar-refractivity contribution in [3.05, 3.63) is 42.0 Å². The smallest absolute Gasteiger partial charge is 0.330 e. The summed E-state index contributed by atoms with van der Waals surface area (Å²) >= 11 is 0. The lowest BCUT2D eigenvalue weighted by Gasteiger charge is -2.02. The average molecular weight is 220 g/mol. The third-order valence-electron chi connectivity index (χ3n) is 1.91. The van der Waals surface area contributed by atoms with Crippen LogP contribution in [0.3, 0.4) is 0 Å². The van der Waals surface area contributed by atoms with Crippen molar-refractivity contribution < 1.29 is 14.3 Å². The third-order valence-corrected chi connectivity index (χ3v) is 1.91. The minimum Gasteiger partial charge on any atom is -0.490 e. The van der Waals surface area contributed by atoms with E-state index in [1.165, 1.54) is 11.6 Å². The van der Waals surface area contributed by atoms with Gasteiger partial charge in [0, 0.05) is 6.08 Å². The van der Waals surface area contributed by atoms with Gasteiger partial charge < -0.3 is 9.47 Å². The van der Waals surface area contributed by atoms with Crippen LogP contribution in [0.2, 0.25) is 0 Å². The molecule has 0 spiro atoms. The summed E-state index contributed by atoms with van der Waals surface area (Å²) in [4.78, 5) is 10.9. The second-order valence-electron chi connectivity index (χ2n) is 3.28. The number of hydrogen-bond donors (Lipinski definition) is 0. The van der Waals surface area contributed by atoms with E-state index in [2.05, 4.69) is 0 Å². The first-order valence-electron chi connectivity index (χ1n) is 5.25. The average Bonchev–Trinajstić information content (AvgIpc) is 2.27. The van der Waals surface area contributed by atoms with Gasteiger partial charge in [0.1, 0.15) is 12.4 Å². The molecule has 1 aromatic rings. The van der Waals surface area contributed by atoms with E-state index in [-0.39, 0.29) is 5.97 Å². The van der Waals surface area contributed by atoms with E-state index >= 15 is 0 Å². The zero-order valence-electron chi connectivity index (χ0n) is 9.60. The Morgan fingerprint density at radius 3 is 2.62 bits per heavy atom. The molecule has 0 aliphatic heterocycles. The van der Waals surface area contributed by atoms with Crippen molar-refractivity contribution in [2.75, 3.05) is 13.2 Å². The van der Waals surface area contributed by atoms with Gasteiger partial charge in [-0.1, -0.05) is 17.7 Å².